The highest BCUT2D eigenvalue weighted by Gasteiger charge is 2.25. The summed E-state index contributed by atoms with van der Waals surface area (Å²) in [5.41, 5.74) is 2.87. The second-order valence-corrected chi connectivity index (χ2v) is 6.10. The molecule has 0 aromatic heterocycles. The second-order valence-electron chi connectivity index (χ2n) is 6.10. The van der Waals surface area contributed by atoms with Gasteiger partial charge in [0.15, 0.2) is 11.5 Å². The van der Waals surface area contributed by atoms with Crippen molar-refractivity contribution in [3.8, 4) is 11.5 Å². The molecular formula is C20H21NO5. The maximum Gasteiger partial charge on any atom is 0.335 e. The Morgan fingerprint density at radius 2 is 1.96 bits per heavy atom. The molecule has 1 aliphatic rings. The fourth-order valence-corrected chi connectivity index (χ4v) is 3.32. The molecule has 1 aliphatic heterocycles. The number of amides is 1. The Labute approximate surface area is 152 Å². The van der Waals surface area contributed by atoms with E-state index in [4.69, 9.17) is 14.6 Å². The normalized spacial score (nSPS) is 12.6. The fraction of sp³-hybridized carbons (Fsp3) is 0.300. The molecule has 0 bridgehead atoms. The van der Waals surface area contributed by atoms with Gasteiger partial charge >= 0.3 is 5.97 Å². The Hall–Kier alpha value is -3.02. The number of rotatable bonds is 6. The number of aromatic carboxylic acids is 1. The Balaban J connectivity index is 1.72. The lowest BCUT2D eigenvalue weighted by molar-refractivity contribution is -0.118. The van der Waals surface area contributed by atoms with Crippen LogP contribution in [0, 0.1) is 0 Å². The van der Waals surface area contributed by atoms with Crippen LogP contribution < -0.4 is 14.4 Å². The topological polar surface area (TPSA) is 76.1 Å². The lowest BCUT2D eigenvalue weighted by Gasteiger charge is -2.18. The quantitative estimate of drug-likeness (QED) is 0.862. The van der Waals surface area contributed by atoms with E-state index in [9.17, 15) is 9.59 Å². The van der Waals surface area contributed by atoms with Crippen molar-refractivity contribution in [3.63, 3.8) is 0 Å². The molecular weight excluding hydrogens is 334 g/mol. The zero-order valence-electron chi connectivity index (χ0n) is 14.8. The lowest BCUT2D eigenvalue weighted by Crippen LogP contribution is -2.29. The number of carboxylic acid groups (broad SMARTS) is 1. The number of hydrogen-bond acceptors (Lipinski definition) is 4. The highest BCUT2D eigenvalue weighted by atomic mass is 16.5. The highest BCUT2D eigenvalue weighted by molar-refractivity contribution is 5.97. The Morgan fingerprint density at radius 1 is 1.15 bits per heavy atom. The number of fused-ring (bicyclic) bond motifs is 1. The first-order valence-corrected chi connectivity index (χ1v) is 8.41. The molecule has 0 radical (unpaired) electrons. The molecule has 0 saturated heterocycles. The number of carbonyl (C=O) groups excluding carboxylic acids is 1. The maximum absolute atomic E-state index is 12.7. The summed E-state index contributed by atoms with van der Waals surface area (Å²) in [6.07, 6.45) is 1.55. The summed E-state index contributed by atoms with van der Waals surface area (Å²) in [6, 6.07) is 10.5. The largest absolute Gasteiger partial charge is 0.493 e. The number of aryl methyl sites for hydroxylation is 1. The van der Waals surface area contributed by atoms with Gasteiger partial charge in [-0.1, -0.05) is 12.1 Å². The van der Waals surface area contributed by atoms with Crippen LogP contribution in [0.1, 0.15) is 27.9 Å². The third-order valence-corrected chi connectivity index (χ3v) is 4.62. The molecule has 6 heteroatoms. The molecule has 6 nitrogen and oxygen atoms in total. The average molecular weight is 355 g/mol. The van der Waals surface area contributed by atoms with Gasteiger partial charge in [-0.15, -0.1) is 0 Å². The van der Waals surface area contributed by atoms with E-state index in [0.717, 1.165) is 16.8 Å². The average Bonchev–Trinajstić information content (AvgIpc) is 3.08. The lowest BCUT2D eigenvalue weighted by atomic mass is 10.1. The number of nitrogens with zero attached hydrogens (tertiary/aromatic N) is 1. The van der Waals surface area contributed by atoms with Crippen molar-refractivity contribution in [2.45, 2.75) is 19.3 Å². The number of hydrogen-bond donors (Lipinski definition) is 1. The monoisotopic (exact) mass is 355 g/mol. The van der Waals surface area contributed by atoms with E-state index in [1.54, 1.807) is 31.3 Å². The van der Waals surface area contributed by atoms with Crippen molar-refractivity contribution >= 4 is 17.6 Å². The first-order chi connectivity index (χ1) is 12.5. The summed E-state index contributed by atoms with van der Waals surface area (Å²) in [5.74, 6) is 0.347. The van der Waals surface area contributed by atoms with E-state index in [1.807, 2.05) is 18.2 Å². The minimum atomic E-state index is -0.956. The Kier molecular flexibility index (Phi) is 5.11. The second kappa shape index (κ2) is 7.47. The van der Waals surface area contributed by atoms with Gasteiger partial charge in [0.25, 0.3) is 0 Å². The minimum Gasteiger partial charge on any atom is -0.493 e. The van der Waals surface area contributed by atoms with Crippen LogP contribution in [0.3, 0.4) is 0 Å². The molecule has 1 N–H and O–H groups in total. The van der Waals surface area contributed by atoms with Gasteiger partial charge < -0.3 is 19.5 Å². The van der Waals surface area contributed by atoms with Gasteiger partial charge in [-0.05, 0) is 48.2 Å². The summed E-state index contributed by atoms with van der Waals surface area (Å²) in [7, 11) is 3.17. The van der Waals surface area contributed by atoms with E-state index >= 15 is 0 Å². The SMILES string of the molecule is COc1cccc(CCC(=O)N2CCc3cc(C(=O)O)ccc32)c1OC. The predicted molar refractivity (Wildman–Crippen MR) is 97.3 cm³/mol. The third-order valence-electron chi connectivity index (χ3n) is 4.62. The van der Waals surface area contributed by atoms with Gasteiger partial charge in [-0.25, -0.2) is 4.79 Å². The van der Waals surface area contributed by atoms with Crippen LogP contribution >= 0.6 is 0 Å². The minimum absolute atomic E-state index is 0.0108. The van der Waals surface area contributed by atoms with Crippen LogP contribution in [0.25, 0.3) is 0 Å². The number of methoxy groups -OCH3 is 2. The Morgan fingerprint density at radius 3 is 2.65 bits per heavy atom. The van der Waals surface area contributed by atoms with E-state index in [0.29, 0.717) is 37.3 Å². The molecule has 3 rings (SSSR count). The van der Waals surface area contributed by atoms with Gasteiger partial charge in [0, 0.05) is 18.7 Å². The molecule has 136 valence electrons. The molecule has 0 fully saturated rings. The van der Waals surface area contributed by atoms with Crippen molar-refractivity contribution < 1.29 is 24.2 Å². The highest BCUT2D eigenvalue weighted by Crippen LogP contribution is 2.33. The first-order valence-electron chi connectivity index (χ1n) is 8.41. The predicted octanol–water partition coefficient (Wildman–Crippen LogP) is 2.92. The standard InChI is InChI=1S/C20H21NO5/c1-25-17-5-3-4-13(19(17)26-2)7-9-18(22)21-11-10-14-12-15(20(23)24)6-8-16(14)21/h3-6,8,12H,7,9-11H2,1-2H3,(H,23,24). The molecule has 0 aliphatic carbocycles. The molecule has 26 heavy (non-hydrogen) atoms. The van der Waals surface area contributed by atoms with Crippen molar-refractivity contribution in [3.05, 3.63) is 53.1 Å². The third kappa shape index (κ3) is 3.35. The van der Waals surface area contributed by atoms with Gasteiger partial charge in [0.2, 0.25) is 5.91 Å². The van der Waals surface area contributed by atoms with E-state index < -0.39 is 5.97 Å². The number of carboxylic acids is 1. The van der Waals surface area contributed by atoms with Gasteiger partial charge in [-0.2, -0.15) is 0 Å². The van der Waals surface area contributed by atoms with E-state index in [1.165, 1.54) is 6.07 Å². The number of para-hydroxylation sites is 1. The van der Waals surface area contributed by atoms with E-state index in [-0.39, 0.29) is 11.5 Å². The molecule has 2 aromatic carbocycles. The number of anilines is 1. The van der Waals surface area contributed by atoms with Crippen LogP contribution in [0.4, 0.5) is 5.69 Å². The van der Waals surface area contributed by atoms with Crippen LogP contribution in [-0.4, -0.2) is 37.7 Å². The van der Waals surface area contributed by atoms with Crippen molar-refractivity contribution in [1.29, 1.82) is 0 Å². The molecule has 1 amide bonds. The number of ether oxygens (including phenoxy) is 2. The zero-order chi connectivity index (χ0) is 18.7. The summed E-state index contributed by atoms with van der Waals surface area (Å²) < 4.78 is 10.7. The molecule has 2 aromatic rings. The summed E-state index contributed by atoms with van der Waals surface area (Å²) in [4.78, 5) is 25.5. The maximum atomic E-state index is 12.7. The van der Waals surface area contributed by atoms with Gasteiger partial charge in [-0.3, -0.25) is 4.79 Å². The van der Waals surface area contributed by atoms with Crippen molar-refractivity contribution in [2.24, 2.45) is 0 Å². The molecule has 0 spiro atoms. The molecule has 0 saturated carbocycles. The number of benzene rings is 2. The summed E-state index contributed by atoms with van der Waals surface area (Å²) in [6.45, 7) is 0.576. The van der Waals surface area contributed by atoms with Gasteiger partial charge in [0.1, 0.15) is 0 Å². The molecule has 0 unspecified atom stereocenters. The van der Waals surface area contributed by atoms with Crippen molar-refractivity contribution in [1.82, 2.24) is 0 Å². The smallest absolute Gasteiger partial charge is 0.335 e. The van der Waals surface area contributed by atoms with Crippen molar-refractivity contribution in [2.75, 3.05) is 25.7 Å². The van der Waals surface area contributed by atoms with Gasteiger partial charge in [0.05, 0.1) is 19.8 Å². The van der Waals surface area contributed by atoms with Crippen LogP contribution in [0.15, 0.2) is 36.4 Å². The summed E-state index contributed by atoms with van der Waals surface area (Å²) >= 11 is 0. The van der Waals surface area contributed by atoms with Crippen LogP contribution in [0.2, 0.25) is 0 Å². The zero-order valence-corrected chi connectivity index (χ0v) is 14.8. The van der Waals surface area contributed by atoms with E-state index in [2.05, 4.69) is 0 Å². The van der Waals surface area contributed by atoms with Crippen LogP contribution in [0.5, 0.6) is 11.5 Å². The Bertz CT molecular complexity index is 846. The molecule has 0 atom stereocenters. The first kappa shape index (κ1) is 17.8. The number of carbonyl (C=O) groups is 2. The fourth-order valence-electron chi connectivity index (χ4n) is 3.32. The molecule has 1 heterocycles. The van der Waals surface area contributed by atoms with Crippen LogP contribution in [-0.2, 0) is 17.6 Å². The summed E-state index contributed by atoms with van der Waals surface area (Å²) in [5, 5.41) is 9.09.